The SMILES string of the molecule is CCC[C@H]1OC[C@H]2c3ccccc3[C@H](c3c(Cl)cccc3Cl)[C@@H](O)C(=O)N12. The Morgan fingerprint density at radius 2 is 1.78 bits per heavy atom. The molecule has 0 bridgehead atoms. The molecule has 0 unspecified atom stereocenters. The van der Waals surface area contributed by atoms with Gasteiger partial charge < -0.3 is 14.7 Å². The van der Waals surface area contributed by atoms with Crippen LogP contribution in [0.15, 0.2) is 42.5 Å². The van der Waals surface area contributed by atoms with Crippen LogP contribution in [0.4, 0.5) is 0 Å². The highest BCUT2D eigenvalue weighted by atomic mass is 35.5. The summed E-state index contributed by atoms with van der Waals surface area (Å²) >= 11 is 12.9. The first-order chi connectivity index (χ1) is 13.0. The van der Waals surface area contributed by atoms with Crippen molar-refractivity contribution in [1.82, 2.24) is 4.90 Å². The summed E-state index contributed by atoms with van der Waals surface area (Å²) in [5.74, 6) is -0.962. The van der Waals surface area contributed by atoms with Crippen molar-refractivity contribution in [2.24, 2.45) is 0 Å². The third kappa shape index (κ3) is 3.05. The number of carbonyl (C=O) groups is 1. The van der Waals surface area contributed by atoms with Crippen LogP contribution < -0.4 is 0 Å². The van der Waals surface area contributed by atoms with E-state index in [0.29, 0.717) is 22.2 Å². The molecule has 6 heteroatoms. The third-order valence-electron chi connectivity index (χ3n) is 5.45. The molecule has 142 valence electrons. The highest BCUT2D eigenvalue weighted by molar-refractivity contribution is 6.36. The van der Waals surface area contributed by atoms with Gasteiger partial charge in [0.15, 0.2) is 0 Å². The van der Waals surface area contributed by atoms with E-state index in [1.165, 1.54) is 0 Å². The lowest BCUT2D eigenvalue weighted by atomic mass is 9.83. The molecule has 1 fully saturated rings. The Kier molecular flexibility index (Phi) is 5.17. The van der Waals surface area contributed by atoms with Gasteiger partial charge in [-0.3, -0.25) is 4.79 Å². The molecule has 1 amide bonds. The molecule has 2 heterocycles. The summed E-state index contributed by atoms with van der Waals surface area (Å²) in [6.45, 7) is 2.47. The number of rotatable bonds is 3. The average Bonchev–Trinajstić information content (AvgIpc) is 3.04. The molecule has 0 radical (unpaired) electrons. The molecular formula is C21H21Cl2NO3. The molecule has 2 aliphatic heterocycles. The van der Waals surface area contributed by atoms with Gasteiger partial charge in [0.25, 0.3) is 5.91 Å². The lowest BCUT2D eigenvalue weighted by Crippen LogP contribution is -2.44. The molecule has 0 spiro atoms. The number of hydrogen-bond donors (Lipinski definition) is 1. The number of hydrogen-bond acceptors (Lipinski definition) is 3. The van der Waals surface area contributed by atoms with E-state index in [1.54, 1.807) is 23.1 Å². The zero-order valence-electron chi connectivity index (χ0n) is 14.9. The number of halogens is 2. The summed E-state index contributed by atoms with van der Waals surface area (Å²) in [5.41, 5.74) is 2.42. The van der Waals surface area contributed by atoms with E-state index >= 15 is 0 Å². The predicted molar refractivity (Wildman–Crippen MR) is 105 cm³/mol. The number of amides is 1. The topological polar surface area (TPSA) is 49.8 Å². The quantitative estimate of drug-likeness (QED) is 0.815. The molecule has 0 aliphatic carbocycles. The van der Waals surface area contributed by atoms with Crippen molar-refractivity contribution in [2.45, 2.75) is 44.1 Å². The van der Waals surface area contributed by atoms with E-state index in [2.05, 4.69) is 6.92 Å². The molecule has 2 aliphatic rings. The second-order valence-electron chi connectivity index (χ2n) is 7.02. The minimum absolute atomic E-state index is 0.217. The molecule has 27 heavy (non-hydrogen) atoms. The van der Waals surface area contributed by atoms with E-state index in [9.17, 15) is 9.90 Å². The van der Waals surface area contributed by atoms with Gasteiger partial charge in [0.2, 0.25) is 0 Å². The molecular weight excluding hydrogens is 385 g/mol. The Morgan fingerprint density at radius 3 is 2.44 bits per heavy atom. The molecule has 2 aromatic carbocycles. The van der Waals surface area contributed by atoms with Crippen molar-refractivity contribution in [3.63, 3.8) is 0 Å². The maximum atomic E-state index is 13.3. The fraction of sp³-hybridized carbons (Fsp3) is 0.381. The van der Waals surface area contributed by atoms with E-state index in [4.69, 9.17) is 27.9 Å². The molecule has 2 aromatic rings. The van der Waals surface area contributed by atoms with Crippen LogP contribution in [0, 0.1) is 0 Å². The summed E-state index contributed by atoms with van der Waals surface area (Å²) in [5, 5.41) is 12.0. The first-order valence-corrected chi connectivity index (χ1v) is 9.94. The van der Waals surface area contributed by atoms with Gasteiger partial charge in [-0.2, -0.15) is 0 Å². The van der Waals surface area contributed by atoms with Gasteiger partial charge in [0.05, 0.1) is 12.6 Å². The van der Waals surface area contributed by atoms with Gasteiger partial charge in [0, 0.05) is 16.0 Å². The highest BCUT2D eigenvalue weighted by Gasteiger charge is 2.48. The first-order valence-electron chi connectivity index (χ1n) is 9.19. The van der Waals surface area contributed by atoms with Crippen molar-refractivity contribution in [2.75, 3.05) is 6.61 Å². The van der Waals surface area contributed by atoms with Crippen LogP contribution >= 0.6 is 23.2 Å². The maximum Gasteiger partial charge on any atom is 0.255 e. The van der Waals surface area contributed by atoms with Crippen molar-refractivity contribution < 1.29 is 14.6 Å². The number of nitrogens with zero attached hydrogens (tertiary/aromatic N) is 1. The first kappa shape index (κ1) is 18.8. The smallest absolute Gasteiger partial charge is 0.255 e. The highest BCUT2D eigenvalue weighted by Crippen LogP contribution is 2.46. The molecule has 4 nitrogen and oxygen atoms in total. The van der Waals surface area contributed by atoms with E-state index < -0.39 is 12.0 Å². The van der Waals surface area contributed by atoms with Crippen molar-refractivity contribution in [3.05, 3.63) is 69.2 Å². The number of fused-ring (bicyclic) bond motifs is 3. The number of aliphatic hydroxyl groups is 1. The molecule has 4 atom stereocenters. The summed E-state index contributed by atoms with van der Waals surface area (Å²) in [7, 11) is 0. The number of carbonyl (C=O) groups excluding carboxylic acids is 1. The van der Waals surface area contributed by atoms with Crippen molar-refractivity contribution >= 4 is 29.1 Å². The molecule has 4 rings (SSSR count). The van der Waals surface area contributed by atoms with Crippen LogP contribution in [0.25, 0.3) is 0 Å². The maximum absolute atomic E-state index is 13.3. The van der Waals surface area contributed by atoms with Crippen LogP contribution in [-0.2, 0) is 9.53 Å². The van der Waals surface area contributed by atoms with Gasteiger partial charge >= 0.3 is 0 Å². The molecule has 0 aromatic heterocycles. The number of benzene rings is 2. The van der Waals surface area contributed by atoms with Crippen LogP contribution in [0.5, 0.6) is 0 Å². The minimum Gasteiger partial charge on any atom is -0.382 e. The second-order valence-corrected chi connectivity index (χ2v) is 7.84. The average molecular weight is 406 g/mol. The van der Waals surface area contributed by atoms with Crippen molar-refractivity contribution in [3.8, 4) is 0 Å². The van der Waals surface area contributed by atoms with Gasteiger partial charge in [0.1, 0.15) is 12.3 Å². The monoisotopic (exact) mass is 405 g/mol. The Labute approximate surface area is 168 Å². The molecule has 0 saturated carbocycles. The van der Waals surface area contributed by atoms with E-state index in [1.807, 2.05) is 24.3 Å². The van der Waals surface area contributed by atoms with Gasteiger partial charge in [-0.25, -0.2) is 0 Å². The minimum atomic E-state index is -1.28. The second kappa shape index (κ2) is 7.44. The Hall–Kier alpha value is -1.59. The zero-order valence-corrected chi connectivity index (χ0v) is 16.5. The summed E-state index contributed by atoms with van der Waals surface area (Å²) in [4.78, 5) is 15.0. The van der Waals surface area contributed by atoms with Gasteiger partial charge in [-0.1, -0.05) is 66.9 Å². The van der Waals surface area contributed by atoms with E-state index in [-0.39, 0.29) is 18.2 Å². The lowest BCUT2D eigenvalue weighted by Gasteiger charge is -2.29. The zero-order chi connectivity index (χ0) is 19.1. The summed E-state index contributed by atoms with van der Waals surface area (Å²) in [6, 6.07) is 12.8. The van der Waals surface area contributed by atoms with Gasteiger partial charge in [-0.15, -0.1) is 0 Å². The molecule has 1 saturated heterocycles. The Bertz CT molecular complexity index is 852. The van der Waals surface area contributed by atoms with Crippen LogP contribution in [0.1, 0.15) is 48.4 Å². The van der Waals surface area contributed by atoms with Crippen LogP contribution in [0.3, 0.4) is 0 Å². The predicted octanol–water partition coefficient (Wildman–Crippen LogP) is 4.53. The lowest BCUT2D eigenvalue weighted by molar-refractivity contribution is -0.147. The van der Waals surface area contributed by atoms with E-state index in [0.717, 1.165) is 24.0 Å². The Morgan fingerprint density at radius 1 is 1.11 bits per heavy atom. The number of aliphatic hydroxyl groups excluding tert-OH is 1. The van der Waals surface area contributed by atoms with Crippen molar-refractivity contribution in [1.29, 1.82) is 0 Å². The summed E-state index contributed by atoms with van der Waals surface area (Å²) in [6.07, 6.45) is 0.0122. The largest absolute Gasteiger partial charge is 0.382 e. The fourth-order valence-electron chi connectivity index (χ4n) is 4.25. The number of ether oxygens (including phenoxy) is 1. The normalized spacial score (nSPS) is 27.3. The molecule has 1 N–H and O–H groups in total. The Balaban J connectivity index is 1.91. The summed E-state index contributed by atoms with van der Waals surface area (Å²) < 4.78 is 5.90. The fourth-order valence-corrected chi connectivity index (χ4v) is 4.88. The third-order valence-corrected chi connectivity index (χ3v) is 6.11. The van der Waals surface area contributed by atoms with Crippen LogP contribution in [0.2, 0.25) is 10.0 Å². The van der Waals surface area contributed by atoms with Crippen LogP contribution in [-0.4, -0.2) is 34.9 Å². The van der Waals surface area contributed by atoms with Gasteiger partial charge in [-0.05, 0) is 35.2 Å². The standard InChI is InChI=1S/C21H21Cl2NO3/c1-2-6-17-24-16(11-27-17)12-7-3-4-8-13(12)18(20(25)21(24)26)19-14(22)9-5-10-15(19)23/h3-5,7-10,16-18,20,25H,2,6,11H2,1H3/t16-,17+,18+,20+/m0/s1.